The second-order valence-electron chi connectivity index (χ2n) is 4.77. The molecule has 3 rings (SSSR count). The Morgan fingerprint density at radius 3 is 2.91 bits per heavy atom. The van der Waals surface area contributed by atoms with Gasteiger partial charge in [0.1, 0.15) is 12.4 Å². The Balaban J connectivity index is 1.85. The molecule has 0 unspecified atom stereocenters. The first-order valence-electron chi connectivity index (χ1n) is 6.65. The fourth-order valence-electron chi connectivity index (χ4n) is 2.12. The Kier molecular flexibility index (Phi) is 3.71. The number of pyridine rings is 1. The molecular weight excluding hydrogens is 303 g/mol. The summed E-state index contributed by atoms with van der Waals surface area (Å²) in [4.78, 5) is 25.8. The van der Waals surface area contributed by atoms with Crippen LogP contribution in [0.15, 0.2) is 57.6 Å². The van der Waals surface area contributed by atoms with Crippen molar-refractivity contribution in [2.75, 3.05) is 0 Å². The molecule has 0 bridgehead atoms. The van der Waals surface area contributed by atoms with Gasteiger partial charge in [0.2, 0.25) is 5.88 Å². The van der Waals surface area contributed by atoms with Crippen LogP contribution in [0.2, 0.25) is 0 Å². The van der Waals surface area contributed by atoms with Gasteiger partial charge in [0.25, 0.3) is 11.5 Å². The molecular formula is C15H11FN4O3. The molecule has 2 aromatic heterocycles. The van der Waals surface area contributed by atoms with Crippen LogP contribution < -0.4 is 5.56 Å². The number of hydrogen-bond acceptors (Lipinski definition) is 4. The van der Waals surface area contributed by atoms with Crippen LogP contribution in [0.5, 0.6) is 5.88 Å². The molecule has 0 aliphatic rings. The quantitative estimate of drug-likeness (QED) is 0.726. The maximum atomic E-state index is 13.1. The fourth-order valence-corrected chi connectivity index (χ4v) is 2.12. The van der Waals surface area contributed by atoms with Gasteiger partial charge in [-0.2, -0.15) is 0 Å². The molecule has 2 heterocycles. The molecule has 0 fully saturated rings. The fraction of sp³-hybridized carbons (Fsp3) is 0.0667. The van der Waals surface area contributed by atoms with Gasteiger partial charge in [-0.15, -0.1) is 10.2 Å². The number of hydrogen-bond donors (Lipinski definition) is 2. The van der Waals surface area contributed by atoms with Gasteiger partial charge in [0, 0.05) is 17.6 Å². The number of fused-ring (bicyclic) bond motifs is 1. The number of aromatic amines is 1. The zero-order chi connectivity index (χ0) is 16.4. The summed E-state index contributed by atoms with van der Waals surface area (Å²) in [6.07, 6.45) is 1.46. The molecule has 0 saturated heterocycles. The molecule has 3 aromatic rings. The lowest BCUT2D eigenvalue weighted by molar-refractivity contribution is -0.118. The summed E-state index contributed by atoms with van der Waals surface area (Å²) >= 11 is 0. The number of aromatic nitrogens is 2. The topological polar surface area (TPSA) is 99.8 Å². The van der Waals surface area contributed by atoms with Gasteiger partial charge < -0.3 is 14.7 Å². The number of benzene rings is 1. The molecule has 0 saturated carbocycles. The molecule has 7 nitrogen and oxygen atoms in total. The van der Waals surface area contributed by atoms with Crippen molar-refractivity contribution in [3.05, 3.63) is 58.8 Å². The lowest BCUT2D eigenvalue weighted by atomic mass is 10.2. The first-order chi connectivity index (χ1) is 11.0. The highest BCUT2D eigenvalue weighted by molar-refractivity contribution is 5.94. The van der Waals surface area contributed by atoms with Crippen molar-refractivity contribution in [2.45, 2.75) is 6.54 Å². The first kappa shape index (κ1) is 14.6. The summed E-state index contributed by atoms with van der Waals surface area (Å²) in [7, 11) is 0. The molecule has 0 aliphatic carbocycles. The van der Waals surface area contributed by atoms with E-state index in [9.17, 15) is 19.1 Å². The number of H-pyrrole nitrogens is 1. The molecule has 116 valence electrons. The lowest BCUT2D eigenvalue weighted by Crippen LogP contribution is -2.21. The minimum absolute atomic E-state index is 0.0359. The zero-order valence-electron chi connectivity index (χ0n) is 11.7. The van der Waals surface area contributed by atoms with Crippen LogP contribution in [-0.2, 0) is 11.3 Å². The highest BCUT2D eigenvalue weighted by Crippen LogP contribution is 2.35. The minimum atomic E-state index is -0.658. The van der Waals surface area contributed by atoms with Gasteiger partial charge in [-0.25, -0.2) is 4.39 Å². The van der Waals surface area contributed by atoms with Crippen molar-refractivity contribution < 1.29 is 14.3 Å². The van der Waals surface area contributed by atoms with Crippen LogP contribution in [0, 0.1) is 5.82 Å². The summed E-state index contributed by atoms with van der Waals surface area (Å²) in [5.74, 6) is -1.45. The minimum Gasteiger partial charge on any atom is -0.493 e. The van der Waals surface area contributed by atoms with Gasteiger partial charge in [-0.1, -0.05) is 6.07 Å². The van der Waals surface area contributed by atoms with Crippen molar-refractivity contribution >= 4 is 22.5 Å². The molecule has 1 amide bonds. The van der Waals surface area contributed by atoms with Gasteiger partial charge in [-0.05, 0) is 24.3 Å². The van der Waals surface area contributed by atoms with E-state index in [1.807, 2.05) is 0 Å². The summed E-state index contributed by atoms with van der Waals surface area (Å²) in [5.41, 5.74) is 0.0402. The Morgan fingerprint density at radius 1 is 1.30 bits per heavy atom. The number of nitrogens with one attached hydrogen (secondary N) is 1. The van der Waals surface area contributed by atoms with E-state index < -0.39 is 11.7 Å². The standard InChI is InChI=1S/C15H11FN4O3/c16-9-4-5-10-11(7-9)17-15(23)14(10)19-18-12(21)8-20-6-2-1-3-13(20)22/h1-7,17,23H,8H2. The number of azo groups is 1. The molecule has 0 atom stereocenters. The Hall–Kier alpha value is -3.29. The second-order valence-corrected chi connectivity index (χ2v) is 4.77. The van der Waals surface area contributed by atoms with E-state index in [0.717, 1.165) is 0 Å². The monoisotopic (exact) mass is 314 g/mol. The Morgan fingerprint density at radius 2 is 2.13 bits per heavy atom. The average Bonchev–Trinajstić information content (AvgIpc) is 2.82. The molecule has 0 aliphatic heterocycles. The van der Waals surface area contributed by atoms with Crippen molar-refractivity contribution in [2.24, 2.45) is 10.2 Å². The van der Waals surface area contributed by atoms with E-state index in [-0.39, 0.29) is 23.7 Å². The summed E-state index contributed by atoms with van der Waals surface area (Å²) < 4.78 is 14.3. The van der Waals surface area contributed by atoms with Crippen LogP contribution in [0.25, 0.3) is 10.9 Å². The van der Waals surface area contributed by atoms with Crippen molar-refractivity contribution in [1.82, 2.24) is 9.55 Å². The predicted octanol–water partition coefficient (Wildman–Crippen LogP) is 2.48. The highest BCUT2D eigenvalue weighted by atomic mass is 19.1. The van der Waals surface area contributed by atoms with Crippen molar-refractivity contribution in [3.63, 3.8) is 0 Å². The Labute approximate surface area is 128 Å². The van der Waals surface area contributed by atoms with Gasteiger partial charge in [-0.3, -0.25) is 9.59 Å². The van der Waals surface area contributed by atoms with Gasteiger partial charge in [0.05, 0.1) is 5.52 Å². The van der Waals surface area contributed by atoms with E-state index in [2.05, 4.69) is 15.2 Å². The summed E-state index contributed by atoms with van der Waals surface area (Å²) in [6, 6.07) is 8.32. The van der Waals surface area contributed by atoms with Crippen molar-refractivity contribution in [1.29, 1.82) is 0 Å². The largest absolute Gasteiger partial charge is 0.493 e. The number of aromatic hydroxyl groups is 1. The molecule has 1 aromatic carbocycles. The number of nitrogens with zero attached hydrogens (tertiary/aromatic N) is 3. The zero-order valence-corrected chi connectivity index (χ0v) is 11.7. The number of halogens is 1. The van der Waals surface area contributed by atoms with Gasteiger partial charge >= 0.3 is 0 Å². The molecule has 0 radical (unpaired) electrons. The third kappa shape index (κ3) is 3.00. The lowest BCUT2D eigenvalue weighted by Gasteiger charge is -1.99. The van der Waals surface area contributed by atoms with E-state index in [0.29, 0.717) is 10.9 Å². The molecule has 8 heteroatoms. The third-order valence-corrected chi connectivity index (χ3v) is 3.18. The summed E-state index contributed by atoms with van der Waals surface area (Å²) in [5, 5.41) is 17.4. The van der Waals surface area contributed by atoms with E-state index in [4.69, 9.17) is 0 Å². The van der Waals surface area contributed by atoms with E-state index in [1.165, 1.54) is 35.0 Å². The normalized spacial score (nSPS) is 11.3. The number of carbonyl (C=O) groups excluding carboxylic acids is 1. The van der Waals surface area contributed by atoms with E-state index in [1.54, 1.807) is 12.1 Å². The van der Waals surface area contributed by atoms with Crippen LogP contribution >= 0.6 is 0 Å². The number of rotatable bonds is 3. The van der Waals surface area contributed by atoms with Crippen LogP contribution in [0.1, 0.15) is 0 Å². The molecule has 23 heavy (non-hydrogen) atoms. The highest BCUT2D eigenvalue weighted by Gasteiger charge is 2.11. The maximum absolute atomic E-state index is 13.1. The smallest absolute Gasteiger partial charge is 0.284 e. The second kappa shape index (κ2) is 5.84. The van der Waals surface area contributed by atoms with Crippen LogP contribution in [-0.4, -0.2) is 20.6 Å². The predicted molar refractivity (Wildman–Crippen MR) is 80.1 cm³/mol. The first-order valence-corrected chi connectivity index (χ1v) is 6.65. The SMILES string of the molecule is O=C(Cn1ccccc1=O)N=Nc1c(O)[nH]c2cc(F)ccc12. The van der Waals surface area contributed by atoms with Crippen LogP contribution in [0.4, 0.5) is 10.1 Å². The number of amides is 1. The Bertz CT molecular complexity index is 974. The van der Waals surface area contributed by atoms with Gasteiger partial charge in [0.15, 0.2) is 5.69 Å². The summed E-state index contributed by atoms with van der Waals surface area (Å²) in [6.45, 7) is -0.263. The van der Waals surface area contributed by atoms with Crippen LogP contribution in [0.3, 0.4) is 0 Å². The molecule has 0 spiro atoms. The molecule has 2 N–H and O–H groups in total. The maximum Gasteiger partial charge on any atom is 0.284 e. The third-order valence-electron chi connectivity index (χ3n) is 3.18. The average molecular weight is 314 g/mol. The number of carbonyl (C=O) groups is 1. The van der Waals surface area contributed by atoms with Crippen molar-refractivity contribution in [3.8, 4) is 5.88 Å². The van der Waals surface area contributed by atoms with E-state index >= 15 is 0 Å².